The largest absolute Gasteiger partial charge is 0.508 e. The SMILES string of the molecule is CC[C@H](C)[C@@H]1NC(=O)CNC(=O)C2CC(=O)[C@H]([C@@H](C)[C@@H](O)CO)NC(=O)[C@@H]3CC(O)CN3C(=O)[C@H](CC(=O)O)CC(=O)C(C[S@@](=O)c3[nH]c4cc(O)ccc4c3C2)NC(=O)CNC1=O. The molecule has 22 nitrogen and oxygen atoms in total. The molecule has 3 unspecified atom stereocenters. The zero-order valence-corrected chi connectivity index (χ0v) is 36.3. The van der Waals surface area contributed by atoms with Gasteiger partial charge in [-0.15, -0.1) is 0 Å². The lowest BCUT2D eigenvalue weighted by atomic mass is 9.85. The normalized spacial score (nSPS) is 28.8. The minimum Gasteiger partial charge on any atom is -0.508 e. The van der Waals surface area contributed by atoms with E-state index in [9.17, 15) is 72.9 Å². The Morgan fingerprint density at radius 3 is 2.22 bits per heavy atom. The summed E-state index contributed by atoms with van der Waals surface area (Å²) in [5.74, 6) is -14.8. The molecular weight excluding hydrogens is 863 g/mol. The van der Waals surface area contributed by atoms with Gasteiger partial charge < -0.3 is 62.0 Å². The van der Waals surface area contributed by atoms with E-state index in [2.05, 4.69) is 31.6 Å². The fourth-order valence-electron chi connectivity index (χ4n) is 8.23. The van der Waals surface area contributed by atoms with E-state index in [-0.39, 0.29) is 21.9 Å². The number of ketones is 2. The van der Waals surface area contributed by atoms with Gasteiger partial charge in [-0.1, -0.05) is 27.2 Å². The molecule has 1 aromatic carbocycles. The van der Waals surface area contributed by atoms with Crippen LogP contribution in [0, 0.1) is 23.7 Å². The fourth-order valence-corrected chi connectivity index (χ4v) is 9.66. The van der Waals surface area contributed by atoms with Gasteiger partial charge >= 0.3 is 5.97 Å². The van der Waals surface area contributed by atoms with Crippen molar-refractivity contribution in [1.29, 1.82) is 0 Å². The number of aliphatic carboxylic acids is 1. The second kappa shape index (κ2) is 21.3. The quantitative estimate of drug-likeness (QED) is 0.131. The van der Waals surface area contributed by atoms with E-state index in [0.29, 0.717) is 11.8 Å². The number of carboxylic acid groups (broad SMARTS) is 1. The maximum atomic E-state index is 14.6. The highest BCUT2D eigenvalue weighted by molar-refractivity contribution is 7.85. The van der Waals surface area contributed by atoms with Crippen molar-refractivity contribution in [2.45, 2.75) is 101 Å². The molecule has 2 bridgehead atoms. The fraction of sp³-hybridized carbons (Fsp3) is 0.585. The molecule has 2 aromatic rings. The van der Waals surface area contributed by atoms with Crippen molar-refractivity contribution in [3.05, 3.63) is 23.8 Å². The predicted octanol–water partition coefficient (Wildman–Crippen LogP) is -3.14. The number of aliphatic hydroxyl groups is 3. The lowest BCUT2D eigenvalue weighted by molar-refractivity contribution is -0.148. The average molecular weight is 918 g/mol. The highest BCUT2D eigenvalue weighted by Gasteiger charge is 2.45. The topological polar surface area (TPSA) is 351 Å². The predicted molar refractivity (Wildman–Crippen MR) is 223 cm³/mol. The van der Waals surface area contributed by atoms with Gasteiger partial charge in [0.25, 0.3) is 0 Å². The second-order valence-corrected chi connectivity index (χ2v) is 18.1. The number of hydrogen-bond donors (Lipinski definition) is 11. The van der Waals surface area contributed by atoms with E-state index in [4.69, 9.17) is 0 Å². The molecule has 0 radical (unpaired) electrons. The van der Waals surface area contributed by atoms with Gasteiger partial charge in [-0.2, -0.15) is 0 Å². The van der Waals surface area contributed by atoms with Crippen LogP contribution in [-0.2, 0) is 60.4 Å². The summed E-state index contributed by atoms with van der Waals surface area (Å²) in [7, 11) is -2.34. The molecule has 23 heteroatoms. The summed E-state index contributed by atoms with van der Waals surface area (Å²) in [6, 6.07) is -2.14. The van der Waals surface area contributed by atoms with Crippen molar-refractivity contribution in [3.63, 3.8) is 0 Å². The van der Waals surface area contributed by atoms with Crippen LogP contribution in [-0.4, -0.2) is 161 Å². The molecule has 11 N–H and O–H groups in total. The molecule has 1 fully saturated rings. The Bertz CT molecular complexity index is 2200. The molecule has 0 spiro atoms. The molecule has 0 aliphatic carbocycles. The Balaban J connectivity index is 1.73. The van der Waals surface area contributed by atoms with Gasteiger partial charge in [-0.25, -0.2) is 0 Å². The zero-order chi connectivity index (χ0) is 47.2. The van der Waals surface area contributed by atoms with Crippen LogP contribution >= 0.6 is 0 Å². The van der Waals surface area contributed by atoms with Gasteiger partial charge in [0.15, 0.2) is 11.6 Å². The number of hydrogen-bond acceptors (Lipinski definition) is 14. The van der Waals surface area contributed by atoms with Crippen molar-refractivity contribution in [3.8, 4) is 5.75 Å². The van der Waals surface area contributed by atoms with Crippen LogP contribution in [0.15, 0.2) is 23.2 Å². The third kappa shape index (κ3) is 11.7. The molecule has 4 heterocycles. The van der Waals surface area contributed by atoms with Crippen LogP contribution in [0.2, 0.25) is 0 Å². The van der Waals surface area contributed by atoms with Gasteiger partial charge in [0.1, 0.15) is 22.9 Å². The smallest absolute Gasteiger partial charge is 0.304 e. The zero-order valence-electron chi connectivity index (χ0n) is 35.5. The summed E-state index contributed by atoms with van der Waals surface area (Å²) in [4.78, 5) is 128. The number of nitrogens with zero attached hydrogens (tertiary/aromatic N) is 1. The Labute approximate surface area is 369 Å². The number of aromatic hydroxyl groups is 1. The van der Waals surface area contributed by atoms with E-state index in [0.717, 1.165) is 4.90 Å². The molecule has 1 saturated heterocycles. The summed E-state index contributed by atoms with van der Waals surface area (Å²) in [5.41, 5.74) is 0.346. The number of Topliss-reactive ketones (excluding diaryl/α,β-unsaturated/α-hetero) is 2. The molecule has 11 atom stereocenters. The number of H-pyrrole nitrogens is 1. The first-order valence-corrected chi connectivity index (χ1v) is 22.3. The number of aliphatic hydroxyl groups excluding tert-OH is 3. The summed E-state index contributed by atoms with van der Waals surface area (Å²) in [6.07, 6.45) is -5.96. The van der Waals surface area contributed by atoms with E-state index in [1.54, 1.807) is 13.8 Å². The third-order valence-corrected chi connectivity index (χ3v) is 13.5. The molecule has 64 heavy (non-hydrogen) atoms. The van der Waals surface area contributed by atoms with Crippen molar-refractivity contribution in [1.82, 2.24) is 36.5 Å². The second-order valence-electron chi connectivity index (χ2n) is 16.7. The molecule has 3 aliphatic heterocycles. The number of nitrogens with one attached hydrogen (secondary N) is 6. The Morgan fingerprint density at radius 2 is 1.56 bits per heavy atom. The molecule has 350 valence electrons. The highest BCUT2D eigenvalue weighted by Crippen LogP contribution is 2.32. The molecular formula is C41H55N7O15S. The van der Waals surface area contributed by atoms with Crippen LogP contribution < -0.4 is 26.6 Å². The first-order valence-electron chi connectivity index (χ1n) is 20.9. The Morgan fingerprint density at radius 1 is 0.891 bits per heavy atom. The van der Waals surface area contributed by atoms with Crippen molar-refractivity contribution in [2.24, 2.45) is 23.7 Å². The van der Waals surface area contributed by atoms with Gasteiger partial charge in [0.05, 0.1) is 78.4 Å². The third-order valence-electron chi connectivity index (χ3n) is 12.1. The Hall–Kier alpha value is -5.78. The summed E-state index contributed by atoms with van der Waals surface area (Å²) in [6.45, 7) is 1.90. The number of phenolic OH excluding ortho intramolecular Hbond substituents is 1. The summed E-state index contributed by atoms with van der Waals surface area (Å²) < 4.78 is 14.6. The number of aromatic nitrogens is 1. The van der Waals surface area contributed by atoms with Gasteiger partial charge in [-0.05, 0) is 30.0 Å². The number of amides is 6. The number of phenols is 1. The maximum Gasteiger partial charge on any atom is 0.304 e. The first kappa shape index (κ1) is 49.2. The minimum absolute atomic E-state index is 0.122. The van der Waals surface area contributed by atoms with E-state index < -0.39 is 188 Å². The molecule has 3 aliphatic rings. The van der Waals surface area contributed by atoms with Crippen molar-refractivity contribution >= 4 is 74.7 Å². The molecule has 1 aromatic heterocycles. The van der Waals surface area contributed by atoms with Crippen molar-refractivity contribution in [2.75, 3.05) is 32.0 Å². The van der Waals surface area contributed by atoms with Crippen LogP contribution in [0.3, 0.4) is 0 Å². The molecule has 6 amide bonds. The average Bonchev–Trinajstić information content (AvgIpc) is 3.82. The number of rotatable bonds is 7. The van der Waals surface area contributed by atoms with Crippen LogP contribution in [0.1, 0.15) is 58.4 Å². The number of aromatic amines is 1. The number of carbonyl (C=O) groups excluding carboxylic acids is 8. The monoisotopic (exact) mass is 917 g/mol. The van der Waals surface area contributed by atoms with Gasteiger partial charge in [0.2, 0.25) is 35.4 Å². The van der Waals surface area contributed by atoms with Crippen LogP contribution in [0.5, 0.6) is 5.75 Å². The lowest BCUT2D eigenvalue weighted by Gasteiger charge is -2.32. The minimum atomic E-state index is -2.34. The van der Waals surface area contributed by atoms with Gasteiger partial charge in [0, 0.05) is 49.1 Å². The van der Waals surface area contributed by atoms with Gasteiger partial charge in [-0.3, -0.25) is 47.4 Å². The van der Waals surface area contributed by atoms with Crippen molar-refractivity contribution < 1.29 is 72.9 Å². The molecule has 0 saturated carbocycles. The lowest BCUT2D eigenvalue weighted by Crippen LogP contribution is -2.56. The number of fused-ring (bicyclic) bond motifs is 5. The first-order chi connectivity index (χ1) is 30.2. The van der Waals surface area contributed by atoms with E-state index in [1.165, 1.54) is 25.1 Å². The molecule has 5 rings (SSSR count). The van der Waals surface area contributed by atoms with E-state index in [1.807, 2.05) is 0 Å². The summed E-state index contributed by atoms with van der Waals surface area (Å²) >= 11 is 0. The highest BCUT2D eigenvalue weighted by atomic mass is 32.2. The number of carboxylic acids is 1. The standard InChI is InChI=1S/C41H55N7O15S/c1-4-18(2)35-39(61)43-13-32(55)44-27-17-64(63)40-25(24-6-5-22(50)11-26(24)45-40)7-20(37(59)42-14-33(56)46-35)8-30(53)36(19(3)31(54)16-49)47-38(60)28-12-23(51)15-48(28)41(62)21(9-29(27)52)10-34(57)58/h5-6,11,18-21,23,27-28,31,35-36,45,49-51,54H,4,7-10,12-17H2,1-3H3,(H,42,59)(H,43,61)(H,44,55)(H,46,56)(H,47,60)(H,57,58)/t18-,19-,20?,21-,23?,27?,28-,31-,35-,36-,64+/m0/s1. The Kier molecular flexibility index (Phi) is 16.4. The van der Waals surface area contributed by atoms with Crippen LogP contribution in [0.4, 0.5) is 0 Å². The number of carbonyl (C=O) groups is 9. The maximum absolute atomic E-state index is 14.6. The van der Waals surface area contributed by atoms with E-state index >= 15 is 0 Å². The summed E-state index contributed by atoms with van der Waals surface area (Å²) in [5, 5.41) is 64.1. The van der Waals surface area contributed by atoms with Crippen LogP contribution in [0.25, 0.3) is 10.9 Å². The number of benzene rings is 1.